The first-order valence-corrected chi connectivity index (χ1v) is 20.6. The zero-order valence-electron chi connectivity index (χ0n) is 37.2. The molecule has 63 heavy (non-hydrogen) atoms. The third-order valence-corrected chi connectivity index (χ3v) is 12.2. The van der Waals surface area contributed by atoms with Crippen LogP contribution in [0.4, 0.5) is 4.79 Å². The van der Waals surface area contributed by atoms with Crippen molar-refractivity contribution in [1.82, 2.24) is 5.32 Å². The van der Waals surface area contributed by atoms with E-state index in [-0.39, 0.29) is 22.3 Å². The van der Waals surface area contributed by atoms with E-state index in [4.69, 9.17) is 28.4 Å². The van der Waals surface area contributed by atoms with Gasteiger partial charge in [0.25, 0.3) is 0 Å². The number of aliphatic hydroxyl groups excluding tert-OH is 1. The SMILES string of the molecule is C=C1C(=O)C[C@H](OC(C)=O)[C@@]2(C)[C@@H](OC(C)=O)[C@H](OC(=O)c3ccccc3)C3=C(C)[C@@H](OC(=O)[C@H](O)[C@@H](NC(=O)OC(C)(C)C)c4ccccc4)C[C@@]3(C(C)(C)O)[C@@H](OC(C)=O)[C@H]12. The number of ether oxygens (including phenoxy) is 6. The molecule has 340 valence electrons. The number of benzene rings is 2. The number of ketones is 1. The van der Waals surface area contributed by atoms with Crippen LogP contribution in [0.15, 0.2) is 84.0 Å². The van der Waals surface area contributed by atoms with Crippen LogP contribution in [0.2, 0.25) is 0 Å². The summed E-state index contributed by atoms with van der Waals surface area (Å²) < 4.78 is 36.1. The summed E-state index contributed by atoms with van der Waals surface area (Å²) in [4.78, 5) is 95.1. The van der Waals surface area contributed by atoms with E-state index in [1.54, 1.807) is 76.2 Å². The van der Waals surface area contributed by atoms with E-state index in [1.807, 2.05) is 0 Å². The number of hydrogen-bond acceptors (Lipinski definition) is 15. The lowest BCUT2D eigenvalue weighted by atomic mass is 9.54. The average molecular weight is 876 g/mol. The van der Waals surface area contributed by atoms with Crippen molar-refractivity contribution < 1.29 is 72.2 Å². The maximum absolute atomic E-state index is 14.3. The zero-order chi connectivity index (χ0) is 47.0. The summed E-state index contributed by atoms with van der Waals surface area (Å²) in [5, 5.41) is 26.9. The average Bonchev–Trinajstić information content (AvgIpc) is 3.44. The van der Waals surface area contributed by atoms with Gasteiger partial charge in [-0.05, 0) is 76.0 Å². The van der Waals surface area contributed by atoms with Crippen LogP contribution in [0.25, 0.3) is 0 Å². The van der Waals surface area contributed by atoms with Crippen LogP contribution in [0.3, 0.4) is 0 Å². The van der Waals surface area contributed by atoms with Crippen LogP contribution in [-0.4, -0.2) is 99.8 Å². The molecule has 0 heterocycles. The quantitative estimate of drug-likeness (QED) is 0.114. The molecule has 0 unspecified atom stereocenters. The molecule has 5 rings (SSSR count). The van der Waals surface area contributed by atoms with Crippen molar-refractivity contribution in [1.29, 1.82) is 0 Å². The van der Waals surface area contributed by atoms with Crippen molar-refractivity contribution >= 4 is 41.7 Å². The summed E-state index contributed by atoms with van der Waals surface area (Å²) >= 11 is 0. The third kappa shape index (κ3) is 9.56. The fourth-order valence-corrected chi connectivity index (χ4v) is 9.53. The third-order valence-electron chi connectivity index (χ3n) is 12.2. The zero-order valence-corrected chi connectivity index (χ0v) is 37.2. The van der Waals surface area contributed by atoms with E-state index >= 15 is 0 Å². The summed E-state index contributed by atoms with van der Waals surface area (Å²) in [5.74, 6) is -6.73. The molecule has 0 aliphatic heterocycles. The summed E-state index contributed by atoms with van der Waals surface area (Å²) in [5.41, 5.74) is -6.34. The van der Waals surface area contributed by atoms with Gasteiger partial charge in [0.05, 0.1) is 28.0 Å². The molecule has 2 aromatic carbocycles. The molecule has 16 nitrogen and oxygen atoms in total. The maximum Gasteiger partial charge on any atom is 0.408 e. The number of rotatable bonds is 11. The number of fused-ring (bicyclic) bond motifs is 2. The summed E-state index contributed by atoms with van der Waals surface area (Å²) in [6.45, 7) is 18.2. The largest absolute Gasteiger partial charge is 0.461 e. The van der Waals surface area contributed by atoms with Crippen LogP contribution < -0.4 is 5.32 Å². The summed E-state index contributed by atoms with van der Waals surface area (Å²) in [6, 6.07) is 14.6. The second-order valence-electron chi connectivity index (χ2n) is 18.1. The Morgan fingerprint density at radius 1 is 0.810 bits per heavy atom. The molecule has 0 radical (unpaired) electrons. The van der Waals surface area contributed by atoms with Gasteiger partial charge in [-0.25, -0.2) is 14.4 Å². The molecule has 10 atom stereocenters. The van der Waals surface area contributed by atoms with E-state index in [9.17, 15) is 43.8 Å². The Balaban J connectivity index is 1.79. The normalized spacial score (nSPS) is 27.9. The van der Waals surface area contributed by atoms with Gasteiger partial charge in [-0.2, -0.15) is 0 Å². The molecule has 3 aliphatic carbocycles. The molecule has 2 fully saturated rings. The minimum atomic E-state index is -2.06. The van der Waals surface area contributed by atoms with Crippen molar-refractivity contribution in [3.05, 3.63) is 95.1 Å². The number of alkyl carbamates (subject to hydrolysis) is 1. The number of Topliss-reactive ketones (excluding diaryl/α,β-unsaturated/α-hetero) is 1. The Morgan fingerprint density at radius 2 is 1.35 bits per heavy atom. The Kier molecular flexibility index (Phi) is 13.8. The smallest absolute Gasteiger partial charge is 0.408 e. The lowest BCUT2D eigenvalue weighted by Crippen LogP contribution is -2.63. The summed E-state index contributed by atoms with van der Waals surface area (Å²) in [6.07, 6.45) is -11.7. The maximum atomic E-state index is 14.3. The van der Waals surface area contributed by atoms with Gasteiger partial charge in [0.2, 0.25) is 0 Å². The molecular formula is C47H57NO15. The molecule has 1 amide bonds. The molecule has 3 N–H and O–H groups in total. The number of carbonyl (C=O) groups is 7. The molecule has 3 aliphatic rings. The van der Waals surface area contributed by atoms with Crippen LogP contribution in [-0.2, 0) is 52.4 Å². The topological polar surface area (TPSA) is 227 Å². The van der Waals surface area contributed by atoms with Gasteiger partial charge >= 0.3 is 35.9 Å². The lowest BCUT2D eigenvalue weighted by Gasteiger charge is -2.54. The molecule has 2 aromatic rings. The number of aliphatic hydroxyl groups is 2. The number of esters is 5. The van der Waals surface area contributed by atoms with E-state index in [0.29, 0.717) is 5.56 Å². The first-order chi connectivity index (χ1) is 29.2. The Hall–Kier alpha value is -5.87. The van der Waals surface area contributed by atoms with Crippen molar-refractivity contribution in [2.75, 3.05) is 0 Å². The Bertz CT molecular complexity index is 2170. The van der Waals surface area contributed by atoms with Crippen molar-refractivity contribution in [2.24, 2.45) is 16.7 Å². The predicted octanol–water partition coefficient (Wildman–Crippen LogP) is 5.19. The monoisotopic (exact) mass is 875 g/mol. The van der Waals surface area contributed by atoms with Gasteiger partial charge in [0.15, 0.2) is 24.1 Å². The number of amides is 1. The van der Waals surface area contributed by atoms with Gasteiger partial charge in [0, 0.05) is 39.5 Å². The highest BCUT2D eigenvalue weighted by Gasteiger charge is 2.74. The molecule has 0 spiro atoms. The standard InChI is InChI=1S/C47H57NO15/c1-24-31(52)22-33(58-26(3)49)46(11)35(24)39(59-27(4)50)47(45(9,10)57)23-32(25(2)34(47)38(40(46)60-28(5)51)62-41(54)30-20-16-13-17-21-30)61-42(55)37(53)36(29-18-14-12-15-19-29)48-43(56)63-44(6,7)8/h12-21,32-33,35-40,53,57H,1,22-23H2,2-11H3,(H,48,56)/t32-,33-,35-,36-,37+,38+,39-,40-,46+,47-/m0/s1. The van der Waals surface area contributed by atoms with Crippen molar-refractivity contribution in [3.8, 4) is 0 Å². The Morgan fingerprint density at radius 3 is 1.87 bits per heavy atom. The molecule has 0 aromatic heterocycles. The minimum absolute atomic E-state index is 0.00742. The fraction of sp³-hybridized carbons (Fsp3) is 0.511. The van der Waals surface area contributed by atoms with Crippen LogP contribution in [0.5, 0.6) is 0 Å². The fourth-order valence-electron chi connectivity index (χ4n) is 9.53. The molecule has 0 bridgehead atoms. The van der Waals surface area contributed by atoms with Gasteiger partial charge < -0.3 is 44.0 Å². The highest BCUT2D eigenvalue weighted by molar-refractivity contribution is 5.97. The molecule has 16 heteroatoms. The predicted molar refractivity (Wildman–Crippen MR) is 223 cm³/mol. The first kappa shape index (κ1) is 48.2. The second kappa shape index (κ2) is 18.1. The molecule has 0 saturated heterocycles. The summed E-state index contributed by atoms with van der Waals surface area (Å²) in [7, 11) is 0. The Labute approximate surface area is 366 Å². The number of hydrogen-bond donors (Lipinski definition) is 3. The second-order valence-corrected chi connectivity index (χ2v) is 18.1. The minimum Gasteiger partial charge on any atom is -0.461 e. The van der Waals surface area contributed by atoms with E-state index in [2.05, 4.69) is 11.9 Å². The van der Waals surface area contributed by atoms with Crippen LogP contribution in [0, 0.1) is 16.7 Å². The highest BCUT2D eigenvalue weighted by atomic mass is 16.6. The molecule has 2 saturated carbocycles. The number of nitrogens with one attached hydrogen (secondary N) is 1. The van der Waals surface area contributed by atoms with Gasteiger partial charge in [0.1, 0.15) is 23.9 Å². The van der Waals surface area contributed by atoms with Crippen LogP contribution >= 0.6 is 0 Å². The van der Waals surface area contributed by atoms with Crippen LogP contribution in [0.1, 0.15) is 104 Å². The lowest BCUT2D eigenvalue weighted by molar-refractivity contribution is -0.208. The van der Waals surface area contributed by atoms with Gasteiger partial charge in [-0.1, -0.05) is 62.0 Å². The van der Waals surface area contributed by atoms with E-state index in [1.165, 1.54) is 32.9 Å². The number of carbonyl (C=O) groups excluding carboxylic acids is 7. The highest BCUT2D eigenvalue weighted by Crippen LogP contribution is 2.66. The van der Waals surface area contributed by atoms with Gasteiger partial charge in [-0.3, -0.25) is 19.2 Å². The van der Waals surface area contributed by atoms with Gasteiger partial charge in [-0.15, -0.1) is 0 Å². The van der Waals surface area contributed by atoms with Crippen molar-refractivity contribution in [2.45, 2.75) is 136 Å². The van der Waals surface area contributed by atoms with E-state index in [0.717, 1.165) is 20.8 Å². The van der Waals surface area contributed by atoms with Crippen molar-refractivity contribution in [3.63, 3.8) is 0 Å². The van der Waals surface area contributed by atoms with E-state index < -0.39 is 125 Å². The molecular weight excluding hydrogens is 819 g/mol. The first-order valence-electron chi connectivity index (χ1n) is 20.6.